The van der Waals surface area contributed by atoms with E-state index in [-0.39, 0.29) is 0 Å². The highest BCUT2D eigenvalue weighted by atomic mass is 27.3. The van der Waals surface area contributed by atoms with Crippen molar-refractivity contribution in [2.75, 3.05) is 0 Å². The summed E-state index contributed by atoms with van der Waals surface area (Å²) < 4.78 is 24.0. The summed E-state index contributed by atoms with van der Waals surface area (Å²) in [6.07, 6.45) is 8.99. The molecule has 0 spiro atoms. The van der Waals surface area contributed by atoms with Crippen LogP contribution in [0.2, 0.25) is 0 Å². The fourth-order valence-electron chi connectivity index (χ4n) is 21.0. The third kappa shape index (κ3) is 16.4. The molecule has 28 aromatic rings. The summed E-state index contributed by atoms with van der Waals surface area (Å²) in [6.45, 7) is 0. The Kier molecular flexibility index (Phi) is 23.2. The van der Waals surface area contributed by atoms with Crippen molar-refractivity contribution in [1.29, 1.82) is 0 Å². The summed E-state index contributed by atoms with van der Waals surface area (Å²) >= 11 is -2.86. The lowest BCUT2D eigenvalue weighted by atomic mass is 9.86. The van der Waals surface area contributed by atoms with Crippen molar-refractivity contribution in [3.63, 3.8) is 0 Å². The van der Waals surface area contributed by atoms with E-state index in [1.165, 1.54) is 176 Å². The van der Waals surface area contributed by atoms with Crippen molar-refractivity contribution < 1.29 is 11.4 Å². The van der Waals surface area contributed by atoms with Crippen LogP contribution in [0.5, 0.6) is 17.2 Å². The van der Waals surface area contributed by atoms with Crippen LogP contribution in [0.1, 0.15) is 0 Å². The Morgan fingerprint density at radius 2 is 0.424 bits per heavy atom. The topological polar surface area (TPSA) is 102 Å². The minimum absolute atomic E-state index is 0.608. The van der Waals surface area contributed by atoms with E-state index >= 15 is 0 Å². The number of aromatic nitrogens is 7. The molecule has 7 aromatic heterocycles. The molecule has 0 aliphatic heterocycles. The van der Waals surface area contributed by atoms with Crippen LogP contribution in [0.4, 0.5) is 0 Å². The number of fused-ring (bicyclic) bond motifs is 16. The molecule has 21 aromatic carbocycles. The van der Waals surface area contributed by atoms with E-state index in [1.54, 1.807) is 18.6 Å². The van der Waals surface area contributed by atoms with Crippen LogP contribution in [0.15, 0.2) is 534 Å². The van der Waals surface area contributed by atoms with Crippen molar-refractivity contribution >= 4 is 156 Å². The summed E-state index contributed by atoms with van der Waals surface area (Å²) in [5.74, 6) is 1.82. The smallest absolute Gasteiger partial charge is 0.576 e. The zero-order valence-corrected chi connectivity index (χ0v) is 79.4. The molecule has 0 radical (unpaired) electrons. The monoisotopic (exact) mass is 1860 g/mol. The molecule has 0 atom stereocenters. The highest BCUT2D eigenvalue weighted by molar-refractivity contribution is 6.40. The molecule has 0 saturated carbocycles. The Labute approximate surface area is 836 Å². The van der Waals surface area contributed by atoms with Crippen LogP contribution in [-0.4, -0.2) is 49.2 Å². The summed E-state index contributed by atoms with van der Waals surface area (Å²) in [4.78, 5) is 22.9. The molecule has 144 heavy (non-hydrogen) atoms. The first-order valence-corrected chi connectivity index (χ1v) is 50.0. The van der Waals surface area contributed by atoms with Gasteiger partial charge in [-0.1, -0.05) is 400 Å². The average Bonchev–Trinajstić information content (AvgIpc) is 1.11. The zero-order valence-electron chi connectivity index (χ0n) is 78.2. The van der Waals surface area contributed by atoms with E-state index < -0.39 is 15.1 Å². The van der Waals surface area contributed by atoms with Gasteiger partial charge in [0, 0.05) is 90.8 Å². The summed E-state index contributed by atoms with van der Waals surface area (Å²) in [5.41, 5.74) is 28.7. The predicted molar refractivity (Wildman–Crippen MR) is 600 cm³/mol. The highest BCUT2D eigenvalue weighted by Gasteiger charge is 2.46. The summed E-state index contributed by atoms with van der Waals surface area (Å²) in [6, 6.07) is 177. The van der Waals surface area contributed by atoms with Gasteiger partial charge in [-0.25, -0.2) is 0 Å². The van der Waals surface area contributed by atoms with Gasteiger partial charge >= 0.3 is 15.1 Å². The average molecular weight is 1860 g/mol. The second-order valence-electron chi connectivity index (χ2n) is 35.8. The molecular formula is C133H88AlN7O3. The van der Waals surface area contributed by atoms with Gasteiger partial charge in [-0.2, -0.15) is 0 Å². The molecule has 0 aliphatic rings. The molecule has 0 unspecified atom stereocenters. The number of benzene rings is 21. The van der Waals surface area contributed by atoms with Gasteiger partial charge in [0.15, 0.2) is 0 Å². The van der Waals surface area contributed by atoms with Crippen molar-refractivity contribution in [3.05, 3.63) is 534 Å². The second-order valence-corrected chi connectivity index (χ2v) is 37.1. The maximum atomic E-state index is 6.41. The molecule has 0 fully saturated rings. The molecule has 0 aliphatic carbocycles. The SMILES string of the molecule is c1ccc(-c2c3ccccc3c(-c3ccc(-c4ccc5c(c4)c4ccccc4n5-c4ccccc4)cc3)c3ccccc23)cc1.c1ccc(-c2c3ccccc3c(-c3ccc(-n4c5ccccc5c5ccccc54)cc3)c3ccccc23)cc1.c1ccc(-c2ccnc3c2ccc2c(-c4ccccc4)ccnc23)cc1.c1cnc2c([O][Al]([O]c3cccc4cccnc34)[O]c3cccc4cccnc34)cccc2c1. The quantitative estimate of drug-likeness (QED) is 0.0568. The first kappa shape index (κ1) is 86.8. The standard InChI is InChI=1S/C44H29N.C38H25N.C24H16N2.3C9H7NO.Al/c1-3-13-31(14-4-1)43-36-18-7-9-20-38(36)44(39-21-10-8-19-37(39)43)32-25-23-30(24-26-32)33-27-28-42-40(29-33)35-17-11-12-22-41(35)45(42)34-15-5-2-6-16-34;1-2-12-26(13-3-1)37-31-16-4-6-18-33(31)38(34-19-7-5-17-32(34)37)27-22-24-28(25-23-27)39-35-20-10-8-14-29(35)30-15-9-11-21-36(30)39;1-3-7-17(8-4-1)19-13-15-25-23-21(19)11-12-22-20(14-16-26-24(22)23)18-9-5-2-6-10-18;3*11-8-5-1-3-7-4-2-6-10-9(7)8;/h1-29H;1-25H;1-16H;3*1-6,11H;/q;;;;;;+3/p-3. The van der Waals surface area contributed by atoms with Crippen LogP contribution < -0.4 is 11.4 Å². The van der Waals surface area contributed by atoms with E-state index in [9.17, 15) is 0 Å². The Hall–Kier alpha value is -18.8. The molecule has 0 saturated heterocycles. The molecule has 0 N–H and O–H groups in total. The minimum Gasteiger partial charge on any atom is -0.576 e. The van der Waals surface area contributed by atoms with Gasteiger partial charge in [-0.05, 0) is 224 Å². The van der Waals surface area contributed by atoms with Crippen molar-refractivity contribution in [2.24, 2.45) is 0 Å². The van der Waals surface area contributed by atoms with Gasteiger partial charge in [0.2, 0.25) is 0 Å². The Bertz CT molecular complexity index is 9220. The fourth-order valence-corrected chi connectivity index (χ4v) is 22.3. The van der Waals surface area contributed by atoms with E-state index in [0.717, 1.165) is 54.5 Å². The second kappa shape index (κ2) is 38.6. The van der Waals surface area contributed by atoms with Gasteiger partial charge < -0.3 is 20.5 Å². The van der Waals surface area contributed by atoms with Crippen molar-refractivity contribution in [1.82, 2.24) is 34.1 Å². The molecule has 10 nitrogen and oxygen atoms in total. The number of hydrogen-bond acceptors (Lipinski definition) is 8. The van der Waals surface area contributed by atoms with E-state index in [0.29, 0.717) is 17.2 Å². The van der Waals surface area contributed by atoms with E-state index in [2.05, 4.69) is 434 Å². The van der Waals surface area contributed by atoms with Crippen LogP contribution in [0, 0.1) is 0 Å². The maximum Gasteiger partial charge on any atom is 1.20 e. The van der Waals surface area contributed by atoms with E-state index in [1.807, 2.05) is 116 Å². The summed E-state index contributed by atoms with van der Waals surface area (Å²) in [5, 5.41) is 20.5. The first-order valence-electron chi connectivity index (χ1n) is 48.5. The molecular weight excluding hydrogens is 1770 g/mol. The number of hydrogen-bond donors (Lipinski definition) is 0. The predicted octanol–water partition coefficient (Wildman–Crippen LogP) is 34.5. The number of nitrogens with zero attached hydrogens (tertiary/aromatic N) is 7. The highest BCUT2D eigenvalue weighted by Crippen LogP contribution is 2.48. The first-order chi connectivity index (χ1) is 71.5. The molecule has 11 heteroatoms. The molecule has 0 bridgehead atoms. The van der Waals surface area contributed by atoms with Crippen LogP contribution in [-0.2, 0) is 0 Å². The number of para-hydroxylation sites is 7. The van der Waals surface area contributed by atoms with E-state index in [4.69, 9.17) is 11.4 Å². The Morgan fingerprint density at radius 3 is 0.785 bits per heavy atom. The van der Waals surface area contributed by atoms with Crippen molar-refractivity contribution in [3.8, 4) is 107 Å². The third-order valence-electron chi connectivity index (χ3n) is 27.4. The molecule has 28 rings (SSSR count). The number of pyridine rings is 5. The summed E-state index contributed by atoms with van der Waals surface area (Å²) in [7, 11) is 0. The lowest BCUT2D eigenvalue weighted by Gasteiger charge is -2.18. The van der Waals surface area contributed by atoms with Crippen molar-refractivity contribution in [2.45, 2.75) is 0 Å². The maximum absolute atomic E-state index is 6.41. The lowest BCUT2D eigenvalue weighted by molar-refractivity contribution is 0.311. The molecule has 0 amide bonds. The van der Waals surface area contributed by atoms with Gasteiger partial charge in [0.1, 0.15) is 33.8 Å². The van der Waals surface area contributed by atoms with Crippen LogP contribution in [0.3, 0.4) is 0 Å². The number of rotatable bonds is 15. The van der Waals surface area contributed by atoms with Gasteiger partial charge in [-0.15, -0.1) is 0 Å². The lowest BCUT2D eigenvalue weighted by Crippen LogP contribution is -2.37. The Morgan fingerprint density at radius 1 is 0.160 bits per heavy atom. The molecule has 676 valence electrons. The molecule has 7 heterocycles. The van der Waals surface area contributed by atoms with Gasteiger partial charge in [-0.3, -0.25) is 24.9 Å². The van der Waals surface area contributed by atoms with Gasteiger partial charge in [0.05, 0.1) is 33.1 Å². The normalized spacial score (nSPS) is 11.3. The fraction of sp³-hybridized carbons (Fsp3) is 0. The third-order valence-corrected chi connectivity index (χ3v) is 28.8. The largest absolute Gasteiger partial charge is 1.20 e. The zero-order chi connectivity index (χ0) is 95.6. The van der Waals surface area contributed by atoms with Crippen LogP contribution in [0.25, 0.3) is 230 Å². The minimum atomic E-state index is -2.86. The van der Waals surface area contributed by atoms with Gasteiger partial charge in [0.25, 0.3) is 0 Å². The van der Waals surface area contributed by atoms with Crippen LogP contribution >= 0.6 is 0 Å². The Balaban J connectivity index is 0.000000102.